The maximum atomic E-state index is 10.7. The number of carbonyl (C=O) groups excluding carboxylic acids is 1. The topological polar surface area (TPSA) is 80.4 Å². The summed E-state index contributed by atoms with van der Waals surface area (Å²) >= 11 is 5.19. The van der Waals surface area contributed by atoms with Crippen molar-refractivity contribution in [2.75, 3.05) is 0 Å². The van der Waals surface area contributed by atoms with Crippen molar-refractivity contribution in [1.29, 1.82) is 0 Å². The van der Waals surface area contributed by atoms with E-state index >= 15 is 0 Å². The fourth-order valence-corrected chi connectivity index (χ4v) is 0.663. The molecule has 1 unspecified atom stereocenters. The first-order valence-electron chi connectivity index (χ1n) is 3.23. The van der Waals surface area contributed by atoms with Crippen LogP contribution >= 0.6 is 11.6 Å². The first-order chi connectivity index (χ1) is 5.45. The van der Waals surface area contributed by atoms with Gasteiger partial charge in [-0.05, 0) is 13.3 Å². The van der Waals surface area contributed by atoms with Crippen molar-refractivity contribution in [3.8, 4) is 0 Å². The predicted molar refractivity (Wildman–Crippen MR) is 44.5 cm³/mol. The van der Waals surface area contributed by atoms with Gasteiger partial charge in [0.25, 0.3) is 0 Å². The molecule has 0 aromatic carbocycles. The lowest BCUT2D eigenvalue weighted by molar-refractivity contribution is -0.153. The van der Waals surface area contributed by atoms with Crippen molar-refractivity contribution in [1.82, 2.24) is 0 Å². The fourth-order valence-electron chi connectivity index (χ4n) is 0.574. The van der Waals surface area contributed by atoms with Crippen LogP contribution in [-0.2, 0) is 9.59 Å². The number of carboxylic acids is 1. The summed E-state index contributed by atoms with van der Waals surface area (Å²) in [6.45, 7) is 1.26. The molecule has 4 nitrogen and oxygen atoms in total. The van der Waals surface area contributed by atoms with E-state index in [-0.39, 0.29) is 6.42 Å². The number of halogens is 1. The maximum absolute atomic E-state index is 10.7. The number of aliphatic carboxylic acids is 1. The second kappa shape index (κ2) is 4.11. The van der Waals surface area contributed by atoms with E-state index in [1.54, 1.807) is 0 Å². The largest absolute Gasteiger partial charge is 0.480 e. The monoisotopic (exact) mass is 191 g/mol. The van der Waals surface area contributed by atoms with Gasteiger partial charge in [-0.25, -0.2) is 0 Å². The van der Waals surface area contributed by atoms with Crippen molar-refractivity contribution < 1.29 is 14.7 Å². The highest BCUT2D eigenvalue weighted by molar-refractivity contribution is 6.25. The summed E-state index contributed by atoms with van der Waals surface area (Å²) < 4.78 is 0. The van der Waals surface area contributed by atoms with Crippen LogP contribution in [0.5, 0.6) is 0 Å². The first kappa shape index (κ1) is 11.0. The smallest absolute Gasteiger partial charge is 0.319 e. The Bertz CT molecular complexity index is 211. The minimum absolute atomic E-state index is 0.00116. The predicted octanol–water partition coefficient (Wildman–Crippen LogP) is 0.705. The normalized spacial score (nSPS) is 15.8. The van der Waals surface area contributed by atoms with Crippen LogP contribution in [0.3, 0.4) is 0 Å². The highest BCUT2D eigenvalue weighted by atomic mass is 35.5. The van der Waals surface area contributed by atoms with Crippen molar-refractivity contribution in [3.63, 3.8) is 0 Å². The summed E-state index contributed by atoms with van der Waals surface area (Å²) in [6.07, 6.45) is 1.38. The zero-order chi connectivity index (χ0) is 9.78. The molecule has 0 spiro atoms. The second-order valence-electron chi connectivity index (χ2n) is 2.57. The molecular weight excluding hydrogens is 182 g/mol. The van der Waals surface area contributed by atoms with Gasteiger partial charge >= 0.3 is 5.97 Å². The van der Waals surface area contributed by atoms with Crippen LogP contribution in [0.1, 0.15) is 13.3 Å². The number of hydrogen-bond acceptors (Lipinski definition) is 2. The Balaban J connectivity index is 4.62. The Kier molecular flexibility index (Phi) is 3.76. The maximum Gasteiger partial charge on any atom is 0.319 e. The van der Waals surface area contributed by atoms with Gasteiger partial charge in [-0.2, -0.15) is 0 Å². The van der Waals surface area contributed by atoms with Crippen LogP contribution < -0.4 is 5.73 Å². The van der Waals surface area contributed by atoms with E-state index < -0.39 is 17.3 Å². The standard InChI is InChI=1S/C7H10ClNO3/c1-7(5(9)10,6(11)12)3-2-4-8/h2,4H,3H2,1H3,(H2,9,10)(H,11,12)/b4-2+. The summed E-state index contributed by atoms with van der Waals surface area (Å²) in [5.74, 6) is -2.12. The molecule has 1 atom stereocenters. The zero-order valence-electron chi connectivity index (χ0n) is 6.58. The lowest BCUT2D eigenvalue weighted by Crippen LogP contribution is -2.40. The Morgan fingerprint density at radius 2 is 2.17 bits per heavy atom. The molecule has 0 aliphatic heterocycles. The number of amides is 1. The second-order valence-corrected chi connectivity index (χ2v) is 2.82. The average molecular weight is 192 g/mol. The Morgan fingerprint density at radius 1 is 1.67 bits per heavy atom. The Morgan fingerprint density at radius 3 is 2.42 bits per heavy atom. The molecule has 12 heavy (non-hydrogen) atoms. The van der Waals surface area contributed by atoms with E-state index in [2.05, 4.69) is 0 Å². The van der Waals surface area contributed by atoms with Gasteiger partial charge in [0, 0.05) is 5.54 Å². The number of allylic oxidation sites excluding steroid dienone is 1. The van der Waals surface area contributed by atoms with Gasteiger partial charge in [-0.15, -0.1) is 0 Å². The molecule has 1 amide bonds. The van der Waals surface area contributed by atoms with E-state index in [9.17, 15) is 9.59 Å². The van der Waals surface area contributed by atoms with E-state index in [1.165, 1.54) is 13.0 Å². The lowest BCUT2D eigenvalue weighted by Gasteiger charge is -2.17. The third-order valence-corrected chi connectivity index (χ3v) is 1.81. The SMILES string of the molecule is CC(C/C=C/Cl)(C(N)=O)C(=O)O. The summed E-state index contributed by atoms with van der Waals surface area (Å²) in [6, 6.07) is 0. The molecule has 0 saturated heterocycles. The van der Waals surface area contributed by atoms with E-state index in [4.69, 9.17) is 22.4 Å². The van der Waals surface area contributed by atoms with Crippen LogP contribution in [-0.4, -0.2) is 17.0 Å². The minimum atomic E-state index is -1.56. The summed E-state index contributed by atoms with van der Waals surface area (Å²) in [4.78, 5) is 21.3. The van der Waals surface area contributed by atoms with Gasteiger partial charge in [0.15, 0.2) is 0 Å². The van der Waals surface area contributed by atoms with Gasteiger partial charge in [-0.1, -0.05) is 17.7 Å². The van der Waals surface area contributed by atoms with Gasteiger partial charge < -0.3 is 10.8 Å². The minimum Gasteiger partial charge on any atom is -0.480 e. The fraction of sp³-hybridized carbons (Fsp3) is 0.429. The zero-order valence-corrected chi connectivity index (χ0v) is 7.34. The molecule has 3 N–H and O–H groups in total. The number of carbonyl (C=O) groups is 2. The van der Waals surface area contributed by atoms with Crippen LogP contribution in [0, 0.1) is 5.41 Å². The molecular formula is C7H10ClNO3. The van der Waals surface area contributed by atoms with Gasteiger partial charge in [0.05, 0.1) is 0 Å². The van der Waals surface area contributed by atoms with Gasteiger partial charge in [0.1, 0.15) is 5.41 Å². The molecule has 0 aromatic rings. The molecule has 0 radical (unpaired) electrons. The van der Waals surface area contributed by atoms with Crippen molar-refractivity contribution in [2.24, 2.45) is 11.1 Å². The van der Waals surface area contributed by atoms with Crippen LogP contribution in [0.25, 0.3) is 0 Å². The quantitative estimate of drug-likeness (QED) is 0.642. The number of rotatable bonds is 4. The Hall–Kier alpha value is -1.03. The summed E-state index contributed by atoms with van der Waals surface area (Å²) in [7, 11) is 0. The number of carboxylic acid groups (broad SMARTS) is 1. The van der Waals surface area contributed by atoms with E-state index in [1.807, 2.05) is 0 Å². The van der Waals surface area contributed by atoms with Crippen LogP contribution in [0.15, 0.2) is 11.6 Å². The van der Waals surface area contributed by atoms with Crippen LogP contribution in [0.4, 0.5) is 0 Å². The molecule has 0 bridgehead atoms. The van der Waals surface area contributed by atoms with Crippen molar-refractivity contribution in [2.45, 2.75) is 13.3 Å². The van der Waals surface area contributed by atoms with Crippen molar-refractivity contribution >= 4 is 23.5 Å². The molecule has 0 aromatic heterocycles. The highest BCUT2D eigenvalue weighted by Gasteiger charge is 2.38. The molecule has 0 aliphatic rings. The number of primary amides is 1. The number of hydrogen-bond donors (Lipinski definition) is 2. The van der Waals surface area contributed by atoms with Crippen LogP contribution in [0.2, 0.25) is 0 Å². The third-order valence-electron chi connectivity index (χ3n) is 1.63. The van der Waals surface area contributed by atoms with E-state index in [0.29, 0.717) is 0 Å². The molecule has 68 valence electrons. The van der Waals surface area contributed by atoms with E-state index in [0.717, 1.165) is 5.54 Å². The average Bonchev–Trinajstić information content (AvgIpc) is 1.99. The molecule has 0 aliphatic carbocycles. The molecule has 0 saturated carbocycles. The Labute approximate surface area is 75.0 Å². The van der Waals surface area contributed by atoms with Gasteiger partial charge in [-0.3, -0.25) is 9.59 Å². The third kappa shape index (κ3) is 2.23. The van der Waals surface area contributed by atoms with Crippen molar-refractivity contribution in [3.05, 3.63) is 11.6 Å². The lowest BCUT2D eigenvalue weighted by atomic mass is 9.86. The molecule has 0 fully saturated rings. The number of nitrogens with two attached hydrogens (primary N) is 1. The summed E-state index contributed by atoms with van der Waals surface area (Å²) in [5.41, 5.74) is 4.51. The summed E-state index contributed by atoms with van der Waals surface area (Å²) in [5, 5.41) is 8.65. The first-order valence-corrected chi connectivity index (χ1v) is 3.67. The molecule has 0 heterocycles. The molecule has 0 rings (SSSR count). The molecule has 5 heteroatoms. The van der Waals surface area contributed by atoms with Gasteiger partial charge in [0.2, 0.25) is 5.91 Å². The highest BCUT2D eigenvalue weighted by Crippen LogP contribution is 2.21.